The number of benzene rings is 1. The predicted octanol–water partition coefficient (Wildman–Crippen LogP) is 1.83. The number of nitrogens with zero attached hydrogens (tertiary/aromatic N) is 1. The quantitative estimate of drug-likeness (QED) is 0.864. The van der Waals surface area contributed by atoms with E-state index in [4.69, 9.17) is 4.74 Å². The van der Waals surface area contributed by atoms with Crippen LogP contribution in [0.4, 0.5) is 0 Å². The molecule has 0 aliphatic carbocycles. The van der Waals surface area contributed by atoms with Crippen molar-refractivity contribution in [1.82, 2.24) is 4.90 Å². The Morgan fingerprint density at radius 1 is 1.41 bits per heavy atom. The van der Waals surface area contributed by atoms with E-state index in [-0.39, 0.29) is 6.10 Å². The van der Waals surface area contributed by atoms with Gasteiger partial charge in [0.05, 0.1) is 6.10 Å². The van der Waals surface area contributed by atoms with Crippen molar-refractivity contribution in [3.8, 4) is 5.75 Å². The van der Waals surface area contributed by atoms with Gasteiger partial charge in [-0.25, -0.2) is 0 Å². The van der Waals surface area contributed by atoms with Crippen molar-refractivity contribution >= 4 is 0 Å². The van der Waals surface area contributed by atoms with E-state index in [0.717, 1.165) is 38.2 Å². The number of rotatable bonds is 4. The van der Waals surface area contributed by atoms with Crippen LogP contribution in [-0.4, -0.2) is 42.4 Å². The molecule has 94 valence electrons. The molecule has 1 N–H and O–H groups in total. The Hall–Kier alpha value is -1.06. The molecule has 3 heteroatoms. The average molecular weight is 235 g/mol. The molecule has 0 unspecified atom stereocenters. The minimum Gasteiger partial charge on any atom is -0.492 e. The largest absolute Gasteiger partial charge is 0.492 e. The third-order valence-corrected chi connectivity index (χ3v) is 3.24. The molecule has 2 rings (SSSR count). The predicted molar refractivity (Wildman–Crippen MR) is 68.4 cm³/mol. The van der Waals surface area contributed by atoms with Gasteiger partial charge in [0.25, 0.3) is 0 Å². The minimum atomic E-state index is -0.151. The van der Waals surface area contributed by atoms with Crippen molar-refractivity contribution in [2.45, 2.75) is 25.9 Å². The van der Waals surface area contributed by atoms with Gasteiger partial charge in [-0.2, -0.15) is 0 Å². The van der Waals surface area contributed by atoms with E-state index in [1.54, 1.807) is 0 Å². The average Bonchev–Trinajstić information content (AvgIpc) is 2.32. The fourth-order valence-corrected chi connectivity index (χ4v) is 2.24. The van der Waals surface area contributed by atoms with Crippen molar-refractivity contribution in [1.29, 1.82) is 0 Å². The van der Waals surface area contributed by atoms with Crippen LogP contribution < -0.4 is 4.74 Å². The lowest BCUT2D eigenvalue weighted by Gasteiger charge is -2.29. The molecule has 1 atom stereocenters. The second-order valence-electron chi connectivity index (χ2n) is 4.71. The van der Waals surface area contributed by atoms with Gasteiger partial charge in [0.1, 0.15) is 12.4 Å². The molecule has 0 bridgehead atoms. The number of para-hydroxylation sites is 1. The van der Waals surface area contributed by atoms with E-state index in [9.17, 15) is 5.11 Å². The summed E-state index contributed by atoms with van der Waals surface area (Å²) in [5, 5.41) is 9.56. The summed E-state index contributed by atoms with van der Waals surface area (Å²) in [5.74, 6) is 0.963. The topological polar surface area (TPSA) is 32.7 Å². The van der Waals surface area contributed by atoms with Crippen LogP contribution in [-0.2, 0) is 0 Å². The van der Waals surface area contributed by atoms with Gasteiger partial charge in [-0.1, -0.05) is 18.2 Å². The lowest BCUT2D eigenvalue weighted by molar-refractivity contribution is 0.0632. The van der Waals surface area contributed by atoms with Crippen LogP contribution in [0.2, 0.25) is 0 Å². The summed E-state index contributed by atoms with van der Waals surface area (Å²) >= 11 is 0. The van der Waals surface area contributed by atoms with Crippen LogP contribution in [0.3, 0.4) is 0 Å². The summed E-state index contributed by atoms with van der Waals surface area (Å²) in [5.41, 5.74) is 1.17. The maximum atomic E-state index is 9.56. The van der Waals surface area contributed by atoms with Crippen molar-refractivity contribution in [3.05, 3.63) is 29.8 Å². The lowest BCUT2D eigenvalue weighted by Crippen LogP contribution is -2.40. The van der Waals surface area contributed by atoms with E-state index in [1.807, 2.05) is 18.2 Å². The number of hydrogen-bond donors (Lipinski definition) is 1. The van der Waals surface area contributed by atoms with Crippen LogP contribution in [0.25, 0.3) is 0 Å². The van der Waals surface area contributed by atoms with Crippen LogP contribution in [0, 0.1) is 6.92 Å². The molecule has 1 aliphatic rings. The SMILES string of the molecule is Cc1ccccc1OCCN1CCC[C@H](O)C1. The number of aliphatic hydroxyl groups is 1. The fraction of sp³-hybridized carbons (Fsp3) is 0.571. The normalized spacial score (nSPS) is 21.4. The van der Waals surface area contributed by atoms with E-state index in [2.05, 4.69) is 17.9 Å². The van der Waals surface area contributed by atoms with E-state index >= 15 is 0 Å². The van der Waals surface area contributed by atoms with Crippen LogP contribution in [0.1, 0.15) is 18.4 Å². The summed E-state index contributed by atoms with van der Waals surface area (Å²) in [6.07, 6.45) is 1.88. The molecule has 0 radical (unpaired) electrons. The summed E-state index contributed by atoms with van der Waals surface area (Å²) < 4.78 is 5.75. The molecule has 0 aromatic heterocycles. The number of likely N-dealkylation sites (tertiary alicyclic amines) is 1. The van der Waals surface area contributed by atoms with E-state index in [1.165, 1.54) is 5.56 Å². The smallest absolute Gasteiger partial charge is 0.122 e. The Morgan fingerprint density at radius 2 is 2.24 bits per heavy atom. The van der Waals surface area contributed by atoms with Crippen LogP contribution >= 0.6 is 0 Å². The number of hydrogen-bond acceptors (Lipinski definition) is 3. The van der Waals surface area contributed by atoms with Gasteiger partial charge in [-0.15, -0.1) is 0 Å². The summed E-state index contributed by atoms with van der Waals surface area (Å²) in [6, 6.07) is 8.07. The molecule has 0 spiro atoms. The summed E-state index contributed by atoms with van der Waals surface area (Å²) in [6.45, 7) is 5.51. The Labute approximate surface area is 103 Å². The fourth-order valence-electron chi connectivity index (χ4n) is 2.24. The first-order valence-corrected chi connectivity index (χ1v) is 6.34. The van der Waals surface area contributed by atoms with Gasteiger partial charge in [0.2, 0.25) is 0 Å². The lowest BCUT2D eigenvalue weighted by atomic mass is 10.1. The van der Waals surface area contributed by atoms with Crippen molar-refractivity contribution < 1.29 is 9.84 Å². The minimum absolute atomic E-state index is 0.151. The third-order valence-electron chi connectivity index (χ3n) is 3.24. The zero-order chi connectivity index (χ0) is 12.1. The molecule has 1 heterocycles. The van der Waals surface area contributed by atoms with Crippen LogP contribution in [0.15, 0.2) is 24.3 Å². The molecule has 1 fully saturated rings. The van der Waals surface area contributed by atoms with Gasteiger partial charge in [-0.3, -0.25) is 4.90 Å². The Balaban J connectivity index is 1.74. The molecular formula is C14H21NO2. The van der Waals surface area contributed by atoms with Crippen molar-refractivity contribution in [2.75, 3.05) is 26.2 Å². The molecule has 1 aromatic carbocycles. The zero-order valence-electron chi connectivity index (χ0n) is 10.4. The Bertz CT molecular complexity index is 354. The summed E-state index contributed by atoms with van der Waals surface area (Å²) in [7, 11) is 0. The van der Waals surface area contributed by atoms with Gasteiger partial charge in [-0.05, 0) is 37.9 Å². The molecule has 3 nitrogen and oxygen atoms in total. The van der Waals surface area contributed by atoms with E-state index in [0.29, 0.717) is 6.61 Å². The number of ether oxygens (including phenoxy) is 1. The zero-order valence-corrected chi connectivity index (χ0v) is 10.4. The van der Waals surface area contributed by atoms with Crippen LogP contribution in [0.5, 0.6) is 5.75 Å². The maximum absolute atomic E-state index is 9.56. The second-order valence-corrected chi connectivity index (χ2v) is 4.71. The van der Waals surface area contributed by atoms with Gasteiger partial charge < -0.3 is 9.84 Å². The molecule has 1 aliphatic heterocycles. The highest BCUT2D eigenvalue weighted by Crippen LogP contribution is 2.16. The second kappa shape index (κ2) is 6.03. The molecule has 1 saturated heterocycles. The third kappa shape index (κ3) is 3.72. The first-order chi connectivity index (χ1) is 8.25. The summed E-state index contributed by atoms with van der Waals surface area (Å²) in [4.78, 5) is 2.27. The number of β-amino-alcohol motifs (C(OH)–C–C–N with tert-alkyl or cyclic N) is 1. The highest BCUT2D eigenvalue weighted by Gasteiger charge is 2.16. The van der Waals surface area contributed by atoms with Crippen molar-refractivity contribution in [2.24, 2.45) is 0 Å². The Morgan fingerprint density at radius 3 is 3.00 bits per heavy atom. The number of aliphatic hydroxyl groups excluding tert-OH is 1. The highest BCUT2D eigenvalue weighted by molar-refractivity contribution is 5.31. The molecule has 1 aromatic rings. The first kappa shape index (κ1) is 12.4. The number of aryl methyl sites for hydroxylation is 1. The maximum Gasteiger partial charge on any atom is 0.122 e. The first-order valence-electron chi connectivity index (χ1n) is 6.34. The van der Waals surface area contributed by atoms with Gasteiger partial charge >= 0.3 is 0 Å². The molecule has 0 saturated carbocycles. The van der Waals surface area contributed by atoms with Crippen molar-refractivity contribution in [3.63, 3.8) is 0 Å². The van der Waals surface area contributed by atoms with Gasteiger partial charge in [0, 0.05) is 13.1 Å². The highest BCUT2D eigenvalue weighted by atomic mass is 16.5. The van der Waals surface area contributed by atoms with E-state index < -0.39 is 0 Å². The number of piperidine rings is 1. The van der Waals surface area contributed by atoms with Gasteiger partial charge in [0.15, 0.2) is 0 Å². The standard InChI is InChI=1S/C14H21NO2/c1-12-5-2-3-7-14(12)17-10-9-15-8-4-6-13(16)11-15/h2-3,5,7,13,16H,4,6,8-11H2,1H3/t13-/m0/s1. The molecular weight excluding hydrogens is 214 g/mol. The Kier molecular flexibility index (Phi) is 4.40. The monoisotopic (exact) mass is 235 g/mol. The molecule has 17 heavy (non-hydrogen) atoms. The molecule has 0 amide bonds.